The van der Waals surface area contributed by atoms with Crippen molar-refractivity contribution in [2.24, 2.45) is 5.92 Å². The first kappa shape index (κ1) is 10.4. The molecule has 0 aliphatic carbocycles. The van der Waals surface area contributed by atoms with Crippen LogP contribution in [0.2, 0.25) is 0 Å². The van der Waals surface area contributed by atoms with Gasteiger partial charge in [-0.3, -0.25) is 4.79 Å². The summed E-state index contributed by atoms with van der Waals surface area (Å²) in [5.41, 5.74) is 0. The average Bonchev–Trinajstić information content (AvgIpc) is 2.46. The number of Topliss-reactive ketones (excluding diaryl/α,β-unsaturated/α-hetero) is 1. The maximum atomic E-state index is 11.2. The standard InChI is InChI=1S/C10H15NOS/c1-4-9(7(2)12)5-10-6-11-8(3)13-10/h6,9H,4-5H2,1-3H3. The van der Waals surface area contributed by atoms with Crippen LogP contribution in [0.25, 0.3) is 0 Å². The van der Waals surface area contributed by atoms with Crippen molar-refractivity contribution in [2.75, 3.05) is 0 Å². The molecule has 0 aliphatic rings. The molecule has 2 nitrogen and oxygen atoms in total. The van der Waals surface area contributed by atoms with Crippen molar-refractivity contribution in [1.29, 1.82) is 0 Å². The van der Waals surface area contributed by atoms with Gasteiger partial charge in [-0.15, -0.1) is 11.3 Å². The summed E-state index contributed by atoms with van der Waals surface area (Å²) in [6.07, 6.45) is 3.66. The van der Waals surface area contributed by atoms with Gasteiger partial charge >= 0.3 is 0 Å². The van der Waals surface area contributed by atoms with Crippen LogP contribution in [0.5, 0.6) is 0 Å². The maximum Gasteiger partial charge on any atom is 0.133 e. The largest absolute Gasteiger partial charge is 0.300 e. The van der Waals surface area contributed by atoms with E-state index in [0.29, 0.717) is 0 Å². The molecule has 13 heavy (non-hydrogen) atoms. The van der Waals surface area contributed by atoms with Crippen molar-refractivity contribution in [3.63, 3.8) is 0 Å². The van der Waals surface area contributed by atoms with Gasteiger partial charge in [0.2, 0.25) is 0 Å². The molecule has 0 saturated carbocycles. The Kier molecular flexibility index (Phi) is 3.60. The first-order chi connectivity index (χ1) is 6.13. The molecular weight excluding hydrogens is 182 g/mol. The van der Waals surface area contributed by atoms with Gasteiger partial charge in [-0.1, -0.05) is 6.92 Å². The first-order valence-electron chi connectivity index (χ1n) is 4.55. The highest BCUT2D eigenvalue weighted by atomic mass is 32.1. The van der Waals surface area contributed by atoms with Crippen molar-refractivity contribution in [1.82, 2.24) is 4.98 Å². The molecule has 1 aromatic rings. The summed E-state index contributed by atoms with van der Waals surface area (Å²) in [7, 11) is 0. The number of aromatic nitrogens is 1. The molecule has 0 radical (unpaired) electrons. The van der Waals surface area contributed by atoms with E-state index in [1.54, 1.807) is 18.3 Å². The molecule has 0 spiro atoms. The summed E-state index contributed by atoms with van der Waals surface area (Å²) in [5.74, 6) is 0.466. The van der Waals surface area contributed by atoms with Crippen LogP contribution in [0.3, 0.4) is 0 Å². The third-order valence-corrected chi connectivity index (χ3v) is 3.12. The fourth-order valence-corrected chi connectivity index (χ4v) is 2.19. The highest BCUT2D eigenvalue weighted by Crippen LogP contribution is 2.18. The Morgan fingerprint density at radius 3 is 2.77 bits per heavy atom. The van der Waals surface area contributed by atoms with Crippen LogP contribution >= 0.6 is 11.3 Å². The number of carbonyl (C=O) groups excluding carboxylic acids is 1. The SMILES string of the molecule is CCC(Cc1cnc(C)s1)C(C)=O. The predicted octanol–water partition coefficient (Wildman–Crippen LogP) is 2.61. The fraction of sp³-hybridized carbons (Fsp3) is 0.600. The van der Waals surface area contributed by atoms with Gasteiger partial charge in [-0.05, 0) is 26.7 Å². The smallest absolute Gasteiger partial charge is 0.133 e. The normalized spacial score (nSPS) is 12.8. The molecule has 1 aromatic heterocycles. The van der Waals surface area contributed by atoms with Gasteiger partial charge in [0.1, 0.15) is 5.78 Å². The zero-order chi connectivity index (χ0) is 9.84. The highest BCUT2D eigenvalue weighted by Gasteiger charge is 2.13. The van der Waals surface area contributed by atoms with Gasteiger partial charge in [-0.2, -0.15) is 0 Å². The molecule has 0 aromatic carbocycles. The number of ketones is 1. The first-order valence-corrected chi connectivity index (χ1v) is 5.37. The van der Waals surface area contributed by atoms with Gasteiger partial charge in [-0.25, -0.2) is 4.98 Å². The van der Waals surface area contributed by atoms with E-state index in [4.69, 9.17) is 0 Å². The van der Waals surface area contributed by atoms with Crippen LogP contribution in [0.1, 0.15) is 30.2 Å². The second kappa shape index (κ2) is 4.51. The van der Waals surface area contributed by atoms with E-state index in [-0.39, 0.29) is 11.7 Å². The Morgan fingerprint density at radius 2 is 2.38 bits per heavy atom. The van der Waals surface area contributed by atoms with Crippen LogP contribution < -0.4 is 0 Å². The molecule has 1 rings (SSSR count). The lowest BCUT2D eigenvalue weighted by molar-refractivity contribution is -0.120. The Hall–Kier alpha value is -0.700. The van der Waals surface area contributed by atoms with Crippen molar-refractivity contribution < 1.29 is 4.79 Å². The Morgan fingerprint density at radius 1 is 1.69 bits per heavy atom. The molecule has 0 saturated heterocycles. The van der Waals surface area contributed by atoms with Crippen LogP contribution in [-0.2, 0) is 11.2 Å². The van der Waals surface area contributed by atoms with Gasteiger partial charge < -0.3 is 0 Å². The molecule has 1 heterocycles. The molecule has 0 fully saturated rings. The summed E-state index contributed by atoms with van der Waals surface area (Å²) in [6.45, 7) is 5.71. The van der Waals surface area contributed by atoms with Crippen LogP contribution in [0.4, 0.5) is 0 Å². The lowest BCUT2D eigenvalue weighted by Crippen LogP contribution is -2.11. The van der Waals surface area contributed by atoms with Gasteiger partial charge in [0.05, 0.1) is 5.01 Å². The number of rotatable bonds is 4. The lowest BCUT2D eigenvalue weighted by Gasteiger charge is -2.08. The lowest BCUT2D eigenvalue weighted by atomic mass is 9.98. The number of nitrogens with zero attached hydrogens (tertiary/aromatic N) is 1. The average molecular weight is 197 g/mol. The number of hydrogen-bond acceptors (Lipinski definition) is 3. The molecule has 72 valence electrons. The Bertz CT molecular complexity index is 293. The highest BCUT2D eigenvalue weighted by molar-refractivity contribution is 7.11. The van der Waals surface area contributed by atoms with E-state index in [1.165, 1.54) is 4.88 Å². The zero-order valence-electron chi connectivity index (χ0n) is 8.33. The van der Waals surface area contributed by atoms with Gasteiger partial charge in [0, 0.05) is 17.0 Å². The minimum Gasteiger partial charge on any atom is -0.300 e. The summed E-state index contributed by atoms with van der Waals surface area (Å²) in [4.78, 5) is 16.6. The number of thiazole rings is 1. The van der Waals surface area contributed by atoms with E-state index in [1.807, 2.05) is 13.1 Å². The minimum absolute atomic E-state index is 0.180. The summed E-state index contributed by atoms with van der Waals surface area (Å²) in [6, 6.07) is 0. The minimum atomic E-state index is 0.180. The molecule has 0 N–H and O–H groups in total. The summed E-state index contributed by atoms with van der Waals surface area (Å²) < 4.78 is 0. The maximum absolute atomic E-state index is 11.2. The third kappa shape index (κ3) is 2.92. The van der Waals surface area contributed by atoms with Crippen LogP contribution in [0, 0.1) is 12.8 Å². The number of carbonyl (C=O) groups is 1. The van der Waals surface area contributed by atoms with E-state index in [2.05, 4.69) is 11.9 Å². The third-order valence-electron chi connectivity index (χ3n) is 2.18. The Balaban J connectivity index is 2.61. The van der Waals surface area contributed by atoms with Crippen LogP contribution in [-0.4, -0.2) is 10.8 Å². The van der Waals surface area contributed by atoms with Crippen molar-refractivity contribution in [3.8, 4) is 0 Å². The molecule has 3 heteroatoms. The summed E-state index contributed by atoms with van der Waals surface area (Å²) >= 11 is 1.69. The number of hydrogen-bond donors (Lipinski definition) is 0. The van der Waals surface area contributed by atoms with E-state index in [9.17, 15) is 4.79 Å². The fourth-order valence-electron chi connectivity index (χ4n) is 1.32. The van der Waals surface area contributed by atoms with E-state index in [0.717, 1.165) is 17.8 Å². The Labute approximate surface area is 83.0 Å². The van der Waals surface area contributed by atoms with E-state index >= 15 is 0 Å². The van der Waals surface area contributed by atoms with Crippen molar-refractivity contribution >= 4 is 17.1 Å². The van der Waals surface area contributed by atoms with Crippen molar-refractivity contribution in [2.45, 2.75) is 33.6 Å². The van der Waals surface area contributed by atoms with E-state index < -0.39 is 0 Å². The second-order valence-electron chi connectivity index (χ2n) is 3.27. The van der Waals surface area contributed by atoms with Crippen molar-refractivity contribution in [3.05, 3.63) is 16.1 Å². The predicted molar refractivity (Wildman–Crippen MR) is 55.0 cm³/mol. The summed E-state index contributed by atoms with van der Waals surface area (Å²) in [5, 5.41) is 1.08. The quantitative estimate of drug-likeness (QED) is 0.742. The topological polar surface area (TPSA) is 30.0 Å². The molecule has 0 aliphatic heterocycles. The molecule has 1 unspecified atom stereocenters. The molecular formula is C10H15NOS. The molecule has 0 bridgehead atoms. The second-order valence-corrected chi connectivity index (χ2v) is 4.58. The van der Waals surface area contributed by atoms with Crippen LogP contribution in [0.15, 0.2) is 6.20 Å². The van der Waals surface area contributed by atoms with Gasteiger partial charge in [0.15, 0.2) is 0 Å². The zero-order valence-corrected chi connectivity index (χ0v) is 9.15. The van der Waals surface area contributed by atoms with Gasteiger partial charge in [0.25, 0.3) is 0 Å². The monoisotopic (exact) mass is 197 g/mol. The number of aryl methyl sites for hydroxylation is 1. The molecule has 0 amide bonds. The molecule has 1 atom stereocenters.